The van der Waals surface area contributed by atoms with Crippen molar-refractivity contribution in [3.8, 4) is 17.5 Å². The Bertz CT molecular complexity index is 514. The Labute approximate surface area is 92.0 Å². The van der Waals surface area contributed by atoms with Crippen LogP contribution in [0.5, 0.6) is 0 Å². The first kappa shape index (κ1) is 9.63. The monoisotopic (exact) mass is 215 g/mol. The highest BCUT2D eigenvalue weighted by Crippen LogP contribution is 2.16. The lowest BCUT2D eigenvalue weighted by Crippen LogP contribution is -1.89. The maximum Gasteiger partial charge on any atom is 0.141 e. The number of halogens is 1. The van der Waals surface area contributed by atoms with E-state index in [-0.39, 0.29) is 0 Å². The highest BCUT2D eigenvalue weighted by molar-refractivity contribution is 6.30. The Morgan fingerprint density at radius 1 is 1.13 bits per heavy atom. The fourth-order valence-electron chi connectivity index (χ4n) is 1.17. The molecule has 0 bridgehead atoms. The summed E-state index contributed by atoms with van der Waals surface area (Å²) in [5, 5.41) is 9.28. The van der Waals surface area contributed by atoms with E-state index in [0.717, 1.165) is 0 Å². The van der Waals surface area contributed by atoms with Gasteiger partial charge in [0.25, 0.3) is 0 Å². The van der Waals surface area contributed by atoms with Crippen LogP contribution in [0.3, 0.4) is 0 Å². The molecule has 0 aromatic carbocycles. The number of nitriles is 1. The van der Waals surface area contributed by atoms with Gasteiger partial charge in [-0.15, -0.1) is 0 Å². The summed E-state index contributed by atoms with van der Waals surface area (Å²) in [6.45, 7) is 0. The SMILES string of the molecule is N#Cc1cccc(-c2ccc(Cl)cn2)n1. The van der Waals surface area contributed by atoms with Crippen LogP contribution < -0.4 is 0 Å². The van der Waals surface area contributed by atoms with Crippen molar-refractivity contribution in [2.45, 2.75) is 0 Å². The summed E-state index contributed by atoms with van der Waals surface area (Å²) >= 11 is 5.72. The van der Waals surface area contributed by atoms with Gasteiger partial charge in [-0.1, -0.05) is 17.7 Å². The number of hydrogen-bond acceptors (Lipinski definition) is 3. The largest absolute Gasteiger partial charge is 0.253 e. The lowest BCUT2D eigenvalue weighted by atomic mass is 10.2. The van der Waals surface area contributed by atoms with E-state index in [1.165, 1.54) is 0 Å². The third kappa shape index (κ3) is 2.12. The summed E-state index contributed by atoms with van der Waals surface area (Å²) in [5.74, 6) is 0. The van der Waals surface area contributed by atoms with Crippen molar-refractivity contribution >= 4 is 11.6 Å². The van der Waals surface area contributed by atoms with E-state index in [4.69, 9.17) is 16.9 Å². The molecule has 0 amide bonds. The second-order valence-corrected chi connectivity index (χ2v) is 3.32. The first-order chi connectivity index (χ1) is 7.29. The number of hydrogen-bond donors (Lipinski definition) is 0. The molecule has 0 N–H and O–H groups in total. The van der Waals surface area contributed by atoms with E-state index >= 15 is 0 Å². The molecule has 0 saturated carbocycles. The van der Waals surface area contributed by atoms with Crippen LogP contribution in [0, 0.1) is 11.3 Å². The molecule has 2 heterocycles. The predicted molar refractivity (Wildman–Crippen MR) is 57.2 cm³/mol. The van der Waals surface area contributed by atoms with Crippen LogP contribution in [0.15, 0.2) is 36.5 Å². The van der Waals surface area contributed by atoms with E-state index in [0.29, 0.717) is 22.1 Å². The molecule has 0 atom stereocenters. The average molecular weight is 216 g/mol. The average Bonchev–Trinajstić information content (AvgIpc) is 2.30. The third-order valence-corrected chi connectivity index (χ3v) is 2.08. The minimum Gasteiger partial charge on any atom is -0.253 e. The summed E-state index contributed by atoms with van der Waals surface area (Å²) in [7, 11) is 0. The number of rotatable bonds is 1. The molecule has 3 nitrogen and oxygen atoms in total. The van der Waals surface area contributed by atoms with Crippen molar-refractivity contribution in [1.29, 1.82) is 5.26 Å². The van der Waals surface area contributed by atoms with Gasteiger partial charge >= 0.3 is 0 Å². The van der Waals surface area contributed by atoms with E-state index in [1.54, 1.807) is 36.5 Å². The smallest absolute Gasteiger partial charge is 0.141 e. The van der Waals surface area contributed by atoms with E-state index < -0.39 is 0 Å². The normalized spacial score (nSPS) is 9.60. The van der Waals surface area contributed by atoms with Gasteiger partial charge in [0.15, 0.2) is 0 Å². The Morgan fingerprint density at radius 3 is 2.67 bits per heavy atom. The maximum atomic E-state index is 8.70. The Hall–Kier alpha value is -1.92. The van der Waals surface area contributed by atoms with Gasteiger partial charge < -0.3 is 0 Å². The van der Waals surface area contributed by atoms with Crippen LogP contribution in [-0.2, 0) is 0 Å². The molecule has 4 heteroatoms. The van der Waals surface area contributed by atoms with Crippen molar-refractivity contribution in [3.63, 3.8) is 0 Å². The third-order valence-electron chi connectivity index (χ3n) is 1.85. The van der Waals surface area contributed by atoms with Crippen molar-refractivity contribution in [3.05, 3.63) is 47.2 Å². The van der Waals surface area contributed by atoms with Gasteiger partial charge in [0, 0.05) is 6.20 Å². The van der Waals surface area contributed by atoms with Crippen LogP contribution >= 0.6 is 11.6 Å². The Balaban J connectivity index is 2.46. The molecular weight excluding hydrogens is 210 g/mol. The highest BCUT2D eigenvalue weighted by Gasteiger charge is 2.01. The molecule has 72 valence electrons. The molecule has 2 aromatic heterocycles. The topological polar surface area (TPSA) is 49.6 Å². The van der Waals surface area contributed by atoms with Gasteiger partial charge in [-0.3, -0.25) is 4.98 Å². The molecule has 2 aromatic rings. The maximum absolute atomic E-state index is 8.70. The molecule has 2 rings (SSSR count). The molecule has 0 saturated heterocycles. The summed E-state index contributed by atoms with van der Waals surface area (Å²) in [6, 6.07) is 10.7. The Morgan fingerprint density at radius 2 is 2.00 bits per heavy atom. The second-order valence-electron chi connectivity index (χ2n) is 2.88. The summed E-state index contributed by atoms with van der Waals surface area (Å²) in [4.78, 5) is 8.24. The molecule has 0 spiro atoms. The lowest BCUT2D eigenvalue weighted by Gasteiger charge is -1.99. The van der Waals surface area contributed by atoms with Crippen molar-refractivity contribution in [1.82, 2.24) is 9.97 Å². The van der Waals surface area contributed by atoms with Gasteiger partial charge in [0.05, 0.1) is 16.4 Å². The zero-order valence-corrected chi connectivity index (χ0v) is 8.44. The van der Waals surface area contributed by atoms with E-state index in [2.05, 4.69) is 9.97 Å². The molecule has 0 unspecified atom stereocenters. The minimum atomic E-state index is 0.379. The molecule has 0 aliphatic rings. The van der Waals surface area contributed by atoms with E-state index in [9.17, 15) is 0 Å². The first-order valence-corrected chi connectivity index (χ1v) is 4.66. The first-order valence-electron chi connectivity index (χ1n) is 4.28. The zero-order valence-electron chi connectivity index (χ0n) is 7.68. The fraction of sp³-hybridized carbons (Fsp3) is 0. The molecule has 0 aliphatic heterocycles. The molecule has 0 aliphatic carbocycles. The van der Waals surface area contributed by atoms with Gasteiger partial charge in [-0.25, -0.2) is 4.98 Å². The van der Waals surface area contributed by atoms with Crippen LogP contribution in [0.1, 0.15) is 5.69 Å². The fourth-order valence-corrected chi connectivity index (χ4v) is 1.28. The molecule has 0 fully saturated rings. The minimum absolute atomic E-state index is 0.379. The summed E-state index contributed by atoms with van der Waals surface area (Å²) in [6.07, 6.45) is 1.55. The summed E-state index contributed by atoms with van der Waals surface area (Å²) < 4.78 is 0. The predicted octanol–water partition coefficient (Wildman–Crippen LogP) is 2.67. The quantitative estimate of drug-likeness (QED) is 0.735. The summed E-state index contributed by atoms with van der Waals surface area (Å²) in [5.41, 5.74) is 1.76. The lowest BCUT2D eigenvalue weighted by molar-refractivity contribution is 1.22. The van der Waals surface area contributed by atoms with Gasteiger partial charge in [-0.2, -0.15) is 5.26 Å². The van der Waals surface area contributed by atoms with Crippen molar-refractivity contribution in [2.24, 2.45) is 0 Å². The van der Waals surface area contributed by atoms with Gasteiger partial charge in [0.1, 0.15) is 11.8 Å². The second kappa shape index (κ2) is 4.07. The van der Waals surface area contributed by atoms with E-state index in [1.807, 2.05) is 6.07 Å². The number of aromatic nitrogens is 2. The van der Waals surface area contributed by atoms with Crippen molar-refractivity contribution < 1.29 is 0 Å². The molecule has 0 radical (unpaired) electrons. The standard InChI is InChI=1S/C11H6ClN3/c12-8-4-5-10(14-7-8)11-3-1-2-9(6-13)15-11/h1-5,7H. The molecular formula is C11H6ClN3. The van der Waals surface area contributed by atoms with Crippen molar-refractivity contribution in [2.75, 3.05) is 0 Å². The van der Waals surface area contributed by atoms with Crippen LogP contribution in [0.2, 0.25) is 5.02 Å². The molecule has 15 heavy (non-hydrogen) atoms. The highest BCUT2D eigenvalue weighted by atomic mass is 35.5. The zero-order chi connectivity index (χ0) is 10.7. The van der Waals surface area contributed by atoms with Crippen LogP contribution in [0.4, 0.5) is 0 Å². The van der Waals surface area contributed by atoms with Crippen LogP contribution in [0.25, 0.3) is 11.4 Å². The number of nitrogens with zero attached hydrogens (tertiary/aromatic N) is 3. The van der Waals surface area contributed by atoms with Gasteiger partial charge in [0.2, 0.25) is 0 Å². The Kier molecular flexibility index (Phi) is 2.61. The number of pyridine rings is 2. The van der Waals surface area contributed by atoms with Crippen LogP contribution in [-0.4, -0.2) is 9.97 Å². The van der Waals surface area contributed by atoms with Gasteiger partial charge in [-0.05, 0) is 24.3 Å².